The van der Waals surface area contributed by atoms with Crippen LogP contribution in [0.3, 0.4) is 0 Å². The van der Waals surface area contributed by atoms with Crippen LogP contribution in [0, 0.1) is 6.92 Å². The summed E-state index contributed by atoms with van der Waals surface area (Å²) in [7, 11) is -7.56. The number of hydrogen-bond acceptors (Lipinski definition) is 4. The van der Waals surface area contributed by atoms with Gasteiger partial charge in [0.15, 0.2) is 0 Å². The zero-order valence-electron chi connectivity index (χ0n) is 12.7. The van der Waals surface area contributed by atoms with E-state index in [-0.39, 0.29) is 16.3 Å². The second-order valence-electron chi connectivity index (χ2n) is 5.60. The fourth-order valence-corrected chi connectivity index (χ4v) is 5.93. The van der Waals surface area contributed by atoms with Crippen LogP contribution < -0.4 is 9.44 Å². The first kappa shape index (κ1) is 17.4. The van der Waals surface area contributed by atoms with E-state index >= 15 is 0 Å². The Labute approximate surface area is 149 Å². The maximum atomic E-state index is 13.0. The zero-order valence-corrected chi connectivity index (χ0v) is 15.9. The molecule has 0 bridgehead atoms. The Morgan fingerprint density at radius 3 is 2.42 bits per heavy atom. The van der Waals surface area contributed by atoms with Crippen LogP contribution in [0.25, 0.3) is 0 Å². The van der Waals surface area contributed by atoms with Crippen molar-refractivity contribution in [1.82, 2.24) is 0 Å². The van der Waals surface area contributed by atoms with Crippen LogP contribution in [0.1, 0.15) is 11.1 Å². The number of sulfonamides is 2. The number of fused-ring (bicyclic) bond motifs is 1. The lowest BCUT2D eigenvalue weighted by molar-refractivity contribution is 0.591. The van der Waals surface area contributed by atoms with Crippen molar-refractivity contribution < 1.29 is 16.8 Å². The molecule has 0 spiro atoms. The highest BCUT2D eigenvalue weighted by molar-refractivity contribution is 9.10. The molecule has 3 rings (SSSR count). The molecule has 128 valence electrons. The second kappa shape index (κ2) is 5.83. The smallest absolute Gasteiger partial charge is 0.265 e. The summed E-state index contributed by atoms with van der Waals surface area (Å²) >= 11 is 3.31. The summed E-state index contributed by atoms with van der Waals surface area (Å²) < 4.78 is 50.6. The molecule has 0 saturated heterocycles. The molecular weight excluding hydrogens is 416 g/mol. The van der Waals surface area contributed by atoms with E-state index in [9.17, 15) is 16.8 Å². The lowest BCUT2D eigenvalue weighted by Crippen LogP contribution is -2.29. The number of hydrogen-bond donors (Lipinski definition) is 1. The molecule has 0 saturated carbocycles. The molecule has 0 amide bonds. The number of nitrogens with zero attached hydrogens (tertiary/aromatic N) is 1. The highest BCUT2D eigenvalue weighted by Gasteiger charge is 2.32. The number of anilines is 1. The zero-order chi connectivity index (χ0) is 17.7. The quantitative estimate of drug-likeness (QED) is 0.806. The van der Waals surface area contributed by atoms with Crippen LogP contribution in [-0.4, -0.2) is 23.4 Å². The monoisotopic (exact) mass is 430 g/mol. The van der Waals surface area contributed by atoms with Gasteiger partial charge in [0.25, 0.3) is 10.0 Å². The van der Waals surface area contributed by atoms with Gasteiger partial charge < -0.3 is 0 Å². The van der Waals surface area contributed by atoms with Gasteiger partial charge in [-0.05, 0) is 70.7 Å². The van der Waals surface area contributed by atoms with Gasteiger partial charge in [-0.15, -0.1) is 0 Å². The maximum Gasteiger partial charge on any atom is 0.265 e. The summed E-state index contributed by atoms with van der Waals surface area (Å²) in [5.41, 5.74) is 2.07. The van der Waals surface area contributed by atoms with Crippen molar-refractivity contribution in [1.29, 1.82) is 0 Å². The average molecular weight is 431 g/mol. The number of halogens is 1. The molecule has 2 aromatic carbocycles. The first-order valence-electron chi connectivity index (χ1n) is 7.05. The van der Waals surface area contributed by atoms with E-state index in [1.54, 1.807) is 18.2 Å². The van der Waals surface area contributed by atoms with Gasteiger partial charge in [-0.3, -0.25) is 4.31 Å². The molecule has 9 heteroatoms. The van der Waals surface area contributed by atoms with Crippen LogP contribution in [0.5, 0.6) is 0 Å². The molecule has 0 aromatic heterocycles. The molecule has 2 N–H and O–H groups in total. The summed E-state index contributed by atoms with van der Waals surface area (Å²) in [4.78, 5) is 0.161. The average Bonchev–Trinajstić information content (AvgIpc) is 2.89. The topological polar surface area (TPSA) is 97.5 Å². The van der Waals surface area contributed by atoms with Crippen LogP contribution in [0.15, 0.2) is 50.7 Å². The third-order valence-corrected chi connectivity index (χ3v) is 7.59. The Morgan fingerprint density at radius 2 is 1.79 bits per heavy atom. The Morgan fingerprint density at radius 1 is 1.08 bits per heavy atom. The normalized spacial score (nSPS) is 14.7. The molecule has 2 aromatic rings. The van der Waals surface area contributed by atoms with Gasteiger partial charge in [-0.2, -0.15) is 0 Å². The van der Waals surface area contributed by atoms with Crippen molar-refractivity contribution in [2.24, 2.45) is 5.14 Å². The molecule has 0 unspecified atom stereocenters. The van der Waals surface area contributed by atoms with Crippen LogP contribution in [-0.2, 0) is 26.5 Å². The van der Waals surface area contributed by atoms with Gasteiger partial charge in [0.2, 0.25) is 10.0 Å². The predicted octanol–water partition coefficient (Wildman–Crippen LogP) is 2.16. The highest BCUT2D eigenvalue weighted by atomic mass is 79.9. The summed E-state index contributed by atoms with van der Waals surface area (Å²) in [5, 5.41) is 5.13. The van der Waals surface area contributed by atoms with Gasteiger partial charge in [-0.1, -0.05) is 6.07 Å². The van der Waals surface area contributed by atoms with Crippen molar-refractivity contribution >= 4 is 41.7 Å². The minimum absolute atomic E-state index is 0.0167. The van der Waals surface area contributed by atoms with Crippen molar-refractivity contribution in [3.63, 3.8) is 0 Å². The number of primary sulfonamides is 1. The molecule has 0 aliphatic carbocycles. The van der Waals surface area contributed by atoms with Crippen molar-refractivity contribution in [3.05, 3.63) is 52.0 Å². The van der Waals surface area contributed by atoms with Crippen molar-refractivity contribution in [3.8, 4) is 0 Å². The Kier molecular flexibility index (Phi) is 4.23. The van der Waals surface area contributed by atoms with Gasteiger partial charge >= 0.3 is 0 Å². The van der Waals surface area contributed by atoms with E-state index in [0.717, 1.165) is 5.56 Å². The van der Waals surface area contributed by atoms with Crippen LogP contribution in [0.2, 0.25) is 0 Å². The first-order chi connectivity index (χ1) is 11.1. The van der Waals surface area contributed by atoms with E-state index in [0.29, 0.717) is 22.1 Å². The third kappa shape index (κ3) is 2.97. The minimum atomic E-state index is -3.82. The first-order valence-corrected chi connectivity index (χ1v) is 10.8. The number of nitrogens with two attached hydrogens (primary N) is 1. The minimum Gasteiger partial charge on any atom is -0.266 e. The standard InChI is InChI=1S/C15H15BrN2O4S2/c1-10-2-5-15(13(16)8-10)24(21,22)18-7-6-11-9-12(23(17,19)20)3-4-14(11)18/h2-5,8-9H,6-7H2,1H3,(H2,17,19,20). The highest BCUT2D eigenvalue weighted by Crippen LogP contribution is 2.36. The van der Waals surface area contributed by atoms with Crippen LogP contribution >= 0.6 is 15.9 Å². The lowest BCUT2D eigenvalue weighted by atomic mass is 10.2. The fraction of sp³-hybridized carbons (Fsp3) is 0.200. The van der Waals surface area contributed by atoms with Gasteiger partial charge in [0, 0.05) is 11.0 Å². The van der Waals surface area contributed by atoms with E-state index in [2.05, 4.69) is 15.9 Å². The van der Waals surface area contributed by atoms with Crippen molar-refractivity contribution in [2.75, 3.05) is 10.8 Å². The molecule has 0 fully saturated rings. The van der Waals surface area contributed by atoms with Crippen LogP contribution in [0.4, 0.5) is 5.69 Å². The predicted molar refractivity (Wildman–Crippen MR) is 94.9 cm³/mol. The molecule has 6 nitrogen and oxygen atoms in total. The van der Waals surface area contributed by atoms with Crippen molar-refractivity contribution in [2.45, 2.75) is 23.1 Å². The maximum absolute atomic E-state index is 13.0. The number of rotatable bonds is 3. The molecule has 1 heterocycles. The third-order valence-electron chi connectivity index (χ3n) is 3.89. The van der Waals surface area contributed by atoms with Gasteiger partial charge in [0.1, 0.15) is 4.90 Å². The Bertz CT molecular complexity index is 1030. The molecular formula is C15H15BrN2O4S2. The summed E-state index contributed by atoms with van der Waals surface area (Å²) in [6, 6.07) is 9.29. The van der Waals surface area contributed by atoms with E-state index in [1.807, 2.05) is 6.92 Å². The molecule has 1 aliphatic rings. The second-order valence-corrected chi connectivity index (χ2v) is 9.84. The summed E-state index contributed by atoms with van der Waals surface area (Å²) in [5.74, 6) is 0. The van der Waals surface area contributed by atoms with Gasteiger partial charge in [-0.25, -0.2) is 22.0 Å². The largest absolute Gasteiger partial charge is 0.266 e. The molecule has 1 aliphatic heterocycles. The fourth-order valence-electron chi connectivity index (χ4n) is 2.71. The Balaban J connectivity index is 2.08. The van der Waals surface area contributed by atoms with E-state index < -0.39 is 20.0 Å². The van der Waals surface area contributed by atoms with E-state index in [4.69, 9.17) is 5.14 Å². The SMILES string of the molecule is Cc1ccc(S(=O)(=O)N2CCc3cc(S(N)(=O)=O)ccc32)c(Br)c1. The molecule has 0 radical (unpaired) electrons. The Hall–Kier alpha value is -1.42. The number of aryl methyl sites for hydroxylation is 1. The number of benzene rings is 2. The van der Waals surface area contributed by atoms with Gasteiger partial charge in [0.05, 0.1) is 10.6 Å². The van der Waals surface area contributed by atoms with E-state index in [1.165, 1.54) is 22.5 Å². The molecule has 24 heavy (non-hydrogen) atoms. The lowest BCUT2D eigenvalue weighted by Gasteiger charge is -2.20. The molecule has 0 atom stereocenters. The summed E-state index contributed by atoms with van der Waals surface area (Å²) in [6.45, 7) is 2.13. The summed E-state index contributed by atoms with van der Waals surface area (Å²) in [6.07, 6.45) is 0.432.